The summed E-state index contributed by atoms with van der Waals surface area (Å²) in [6, 6.07) is 19.4. The zero-order chi connectivity index (χ0) is 16.2. The molecule has 23 heavy (non-hydrogen) atoms. The van der Waals surface area contributed by atoms with E-state index in [-0.39, 0.29) is 6.10 Å². The number of aliphatic hydroxyl groups is 1. The maximum Gasteiger partial charge on any atom is 0.0841 e. The van der Waals surface area contributed by atoms with E-state index in [4.69, 9.17) is 0 Å². The third kappa shape index (κ3) is 3.92. The highest BCUT2D eigenvalue weighted by Crippen LogP contribution is 2.31. The Labute approximate surface area is 139 Å². The summed E-state index contributed by atoms with van der Waals surface area (Å²) in [6.07, 6.45) is 0.722. The number of benzene rings is 2. The molecule has 0 amide bonds. The Kier molecular flexibility index (Phi) is 4.99. The van der Waals surface area contributed by atoms with Gasteiger partial charge in [0.1, 0.15) is 0 Å². The van der Waals surface area contributed by atoms with Crippen LogP contribution in [0.25, 0.3) is 0 Å². The molecule has 2 unspecified atom stereocenters. The molecule has 0 saturated heterocycles. The second-order valence-corrected chi connectivity index (χ2v) is 6.67. The van der Waals surface area contributed by atoms with E-state index in [1.54, 1.807) is 0 Å². The van der Waals surface area contributed by atoms with Gasteiger partial charge in [0.2, 0.25) is 0 Å². The lowest BCUT2D eigenvalue weighted by Crippen LogP contribution is -2.41. The van der Waals surface area contributed by atoms with E-state index in [2.05, 4.69) is 72.3 Å². The van der Waals surface area contributed by atoms with Crippen LogP contribution in [0.2, 0.25) is 0 Å². The Morgan fingerprint density at radius 2 is 1.83 bits per heavy atom. The average Bonchev–Trinajstić information content (AvgIpc) is 2.84. The van der Waals surface area contributed by atoms with Gasteiger partial charge in [-0.1, -0.05) is 48.5 Å². The van der Waals surface area contributed by atoms with Crippen molar-refractivity contribution in [3.8, 4) is 0 Å². The maximum absolute atomic E-state index is 10.5. The lowest BCUT2D eigenvalue weighted by atomic mass is 10.1. The largest absolute Gasteiger partial charge is 0.390 e. The molecule has 2 atom stereocenters. The van der Waals surface area contributed by atoms with Crippen molar-refractivity contribution in [3.63, 3.8) is 0 Å². The van der Waals surface area contributed by atoms with Crippen molar-refractivity contribution in [2.45, 2.75) is 32.0 Å². The molecule has 3 rings (SSSR count). The first-order chi connectivity index (χ1) is 11.1. The van der Waals surface area contributed by atoms with Crippen molar-refractivity contribution in [1.82, 2.24) is 4.90 Å². The van der Waals surface area contributed by atoms with Crippen molar-refractivity contribution in [2.75, 3.05) is 25.0 Å². The summed E-state index contributed by atoms with van der Waals surface area (Å²) in [6.45, 7) is 4.47. The number of anilines is 1. The van der Waals surface area contributed by atoms with Gasteiger partial charge >= 0.3 is 0 Å². The minimum absolute atomic E-state index is 0.350. The van der Waals surface area contributed by atoms with Gasteiger partial charge < -0.3 is 10.0 Å². The summed E-state index contributed by atoms with van der Waals surface area (Å²) in [5, 5.41) is 10.5. The Morgan fingerprint density at radius 1 is 1.13 bits per heavy atom. The van der Waals surface area contributed by atoms with Crippen LogP contribution in [0.1, 0.15) is 18.1 Å². The quantitative estimate of drug-likeness (QED) is 0.889. The molecule has 0 aliphatic carbocycles. The molecule has 2 aromatic rings. The van der Waals surface area contributed by atoms with Gasteiger partial charge in [-0.05, 0) is 37.6 Å². The van der Waals surface area contributed by atoms with Crippen LogP contribution in [-0.2, 0) is 13.0 Å². The Morgan fingerprint density at radius 3 is 2.61 bits per heavy atom. The molecule has 1 N–H and O–H groups in total. The van der Waals surface area contributed by atoms with E-state index < -0.39 is 0 Å². The van der Waals surface area contributed by atoms with Crippen LogP contribution >= 0.6 is 0 Å². The first kappa shape index (κ1) is 16.0. The van der Waals surface area contributed by atoms with E-state index in [1.165, 1.54) is 16.8 Å². The van der Waals surface area contributed by atoms with Crippen molar-refractivity contribution in [2.24, 2.45) is 0 Å². The number of hydrogen-bond acceptors (Lipinski definition) is 3. The lowest BCUT2D eigenvalue weighted by Gasteiger charge is -2.29. The van der Waals surface area contributed by atoms with E-state index in [9.17, 15) is 5.11 Å². The number of hydrogen-bond donors (Lipinski definition) is 1. The van der Waals surface area contributed by atoms with Crippen LogP contribution in [0.3, 0.4) is 0 Å². The van der Waals surface area contributed by atoms with Crippen LogP contribution in [0, 0.1) is 0 Å². The molecular formula is C20H26N2O. The van der Waals surface area contributed by atoms with E-state index in [0.717, 1.165) is 13.0 Å². The Bertz CT molecular complexity index is 629. The molecule has 3 nitrogen and oxygen atoms in total. The average molecular weight is 310 g/mol. The van der Waals surface area contributed by atoms with Crippen LogP contribution < -0.4 is 4.90 Å². The predicted molar refractivity (Wildman–Crippen MR) is 95.7 cm³/mol. The number of aliphatic hydroxyl groups excluding tert-OH is 1. The molecule has 2 aromatic carbocycles. The highest BCUT2D eigenvalue weighted by molar-refractivity contribution is 5.59. The predicted octanol–water partition coefficient (Wildman–Crippen LogP) is 2.93. The van der Waals surface area contributed by atoms with Gasteiger partial charge in [0, 0.05) is 31.4 Å². The second kappa shape index (κ2) is 7.16. The van der Waals surface area contributed by atoms with Gasteiger partial charge in [0.25, 0.3) is 0 Å². The van der Waals surface area contributed by atoms with Gasteiger partial charge in [0.15, 0.2) is 0 Å². The number of nitrogens with zero attached hydrogens (tertiary/aromatic N) is 2. The molecule has 0 spiro atoms. The van der Waals surface area contributed by atoms with Gasteiger partial charge in [0.05, 0.1) is 6.10 Å². The fraction of sp³-hybridized carbons (Fsp3) is 0.400. The smallest absolute Gasteiger partial charge is 0.0841 e. The minimum Gasteiger partial charge on any atom is -0.390 e. The molecule has 0 radical (unpaired) electrons. The number of β-amino-alcohol motifs (C(OH)–C–C–N with tert-alkyl or cyclic N) is 1. The maximum atomic E-state index is 10.5. The SMILES string of the molecule is CC1Cc2ccccc2N1CC(O)CN(C)Cc1ccccc1. The van der Waals surface area contributed by atoms with Crippen LogP contribution in [0.5, 0.6) is 0 Å². The summed E-state index contributed by atoms with van der Waals surface area (Å²) in [4.78, 5) is 4.53. The summed E-state index contributed by atoms with van der Waals surface area (Å²) in [5.41, 5.74) is 3.96. The topological polar surface area (TPSA) is 26.7 Å². The first-order valence-corrected chi connectivity index (χ1v) is 8.38. The molecule has 1 aliphatic heterocycles. The molecule has 1 aliphatic rings. The van der Waals surface area contributed by atoms with Crippen molar-refractivity contribution < 1.29 is 5.11 Å². The minimum atomic E-state index is -0.350. The van der Waals surface area contributed by atoms with Crippen LogP contribution in [0.4, 0.5) is 5.69 Å². The Hall–Kier alpha value is -1.84. The zero-order valence-electron chi connectivity index (χ0n) is 14.0. The summed E-state index contributed by atoms with van der Waals surface area (Å²) < 4.78 is 0. The van der Waals surface area contributed by atoms with Crippen molar-refractivity contribution in [1.29, 1.82) is 0 Å². The molecule has 122 valence electrons. The number of likely N-dealkylation sites (N-methyl/N-ethyl adjacent to an activating group) is 1. The molecule has 0 bridgehead atoms. The fourth-order valence-electron chi connectivity index (χ4n) is 3.51. The molecule has 0 saturated carbocycles. The molecule has 0 aromatic heterocycles. The summed E-state index contributed by atoms with van der Waals surface area (Å²) >= 11 is 0. The third-order valence-electron chi connectivity index (χ3n) is 4.57. The van der Waals surface area contributed by atoms with Gasteiger partial charge in [-0.2, -0.15) is 0 Å². The van der Waals surface area contributed by atoms with Crippen LogP contribution in [-0.4, -0.2) is 42.3 Å². The molecule has 1 heterocycles. The third-order valence-corrected chi connectivity index (χ3v) is 4.57. The summed E-state index contributed by atoms with van der Waals surface area (Å²) in [5.74, 6) is 0. The number of para-hydroxylation sites is 1. The van der Waals surface area contributed by atoms with E-state index in [0.29, 0.717) is 19.1 Å². The highest BCUT2D eigenvalue weighted by Gasteiger charge is 2.27. The number of fused-ring (bicyclic) bond motifs is 1. The number of rotatable bonds is 6. The van der Waals surface area contributed by atoms with Gasteiger partial charge in [-0.3, -0.25) is 4.90 Å². The van der Waals surface area contributed by atoms with Crippen molar-refractivity contribution in [3.05, 3.63) is 65.7 Å². The lowest BCUT2D eigenvalue weighted by molar-refractivity contribution is 0.126. The summed E-state index contributed by atoms with van der Waals surface area (Å²) in [7, 11) is 2.07. The van der Waals surface area contributed by atoms with E-state index >= 15 is 0 Å². The zero-order valence-corrected chi connectivity index (χ0v) is 14.0. The molecule has 3 heteroatoms. The fourth-order valence-corrected chi connectivity index (χ4v) is 3.51. The highest BCUT2D eigenvalue weighted by atomic mass is 16.3. The Balaban J connectivity index is 1.56. The monoisotopic (exact) mass is 310 g/mol. The van der Waals surface area contributed by atoms with Gasteiger partial charge in [-0.15, -0.1) is 0 Å². The van der Waals surface area contributed by atoms with Crippen LogP contribution in [0.15, 0.2) is 54.6 Å². The van der Waals surface area contributed by atoms with E-state index in [1.807, 2.05) is 6.07 Å². The normalized spacial score (nSPS) is 18.3. The molecular weight excluding hydrogens is 284 g/mol. The van der Waals surface area contributed by atoms with Gasteiger partial charge in [-0.25, -0.2) is 0 Å². The molecule has 0 fully saturated rings. The first-order valence-electron chi connectivity index (χ1n) is 8.38. The van der Waals surface area contributed by atoms with Crippen molar-refractivity contribution >= 4 is 5.69 Å². The standard InChI is InChI=1S/C20H26N2O/c1-16-12-18-10-6-7-11-20(18)22(16)15-19(23)14-21(2)13-17-8-4-3-5-9-17/h3-11,16,19,23H,12-15H2,1-2H3. The second-order valence-electron chi connectivity index (χ2n) is 6.67.